The molecule has 0 aliphatic carbocycles. The summed E-state index contributed by atoms with van der Waals surface area (Å²) in [4.78, 5) is 26.0. The van der Waals surface area contributed by atoms with E-state index in [0.717, 1.165) is 12.1 Å². The van der Waals surface area contributed by atoms with Gasteiger partial charge >= 0.3 is 5.97 Å². The van der Waals surface area contributed by atoms with Crippen LogP contribution in [0.2, 0.25) is 0 Å². The Balaban J connectivity index is 3.18. The minimum absolute atomic E-state index is 0.0339. The zero-order valence-corrected chi connectivity index (χ0v) is 12.0. The van der Waals surface area contributed by atoms with Crippen LogP contribution < -0.4 is 10.6 Å². The lowest BCUT2D eigenvalue weighted by Crippen LogP contribution is -2.30. The second-order valence-electron chi connectivity index (χ2n) is 3.41. The van der Waals surface area contributed by atoms with Crippen molar-refractivity contribution in [2.45, 2.75) is 4.90 Å². The van der Waals surface area contributed by atoms with E-state index in [4.69, 9.17) is 10.8 Å². The van der Waals surface area contributed by atoms with Crippen LogP contribution in [0.25, 0.3) is 0 Å². The van der Waals surface area contributed by atoms with Crippen molar-refractivity contribution in [2.75, 3.05) is 6.61 Å². The van der Waals surface area contributed by atoms with Gasteiger partial charge in [-0.05, 0) is 12.1 Å². The van der Waals surface area contributed by atoms with Crippen molar-refractivity contribution in [3.8, 4) is 0 Å². The van der Waals surface area contributed by atoms with Gasteiger partial charge in [-0.2, -0.15) is 0 Å². The predicted octanol–water partition coefficient (Wildman–Crippen LogP) is -0.0184. The third-order valence-electron chi connectivity index (χ3n) is 1.91. The summed E-state index contributed by atoms with van der Waals surface area (Å²) in [6.07, 6.45) is 0. The molecular weight excluding hydrogens is 363 g/mol. The number of nitrogens with two attached hydrogens (primary N) is 1. The number of nitrogens with one attached hydrogen (secondary N) is 1. The molecule has 8 nitrogen and oxygen atoms in total. The lowest BCUT2D eigenvalue weighted by molar-refractivity contribution is -0.123. The molecule has 11 heteroatoms. The van der Waals surface area contributed by atoms with Gasteiger partial charge in [0, 0.05) is 4.47 Å². The van der Waals surface area contributed by atoms with E-state index in [9.17, 15) is 22.4 Å². The highest BCUT2D eigenvalue weighted by Crippen LogP contribution is 2.24. The fourth-order valence-corrected chi connectivity index (χ4v) is 2.68. The zero-order chi connectivity index (χ0) is 15.5. The van der Waals surface area contributed by atoms with E-state index in [2.05, 4.69) is 20.8 Å². The van der Waals surface area contributed by atoms with Gasteiger partial charge < -0.3 is 10.8 Å². The Morgan fingerprint density at radius 1 is 1.45 bits per heavy atom. The molecule has 1 aromatic rings. The number of primary amides is 1. The van der Waals surface area contributed by atoms with Crippen molar-refractivity contribution in [3.63, 3.8) is 0 Å². The van der Waals surface area contributed by atoms with Gasteiger partial charge in [-0.1, -0.05) is 20.8 Å². The summed E-state index contributed by atoms with van der Waals surface area (Å²) in [6.45, 7) is -0.763. The summed E-state index contributed by atoms with van der Waals surface area (Å²) in [5.74, 6) is -4.05. The SMILES string of the molecule is NC(=O)CONS(=O)(=O)c1cc(Br)cc(C(=O)O)c1F. The van der Waals surface area contributed by atoms with Crippen LogP contribution >= 0.6 is 15.9 Å². The van der Waals surface area contributed by atoms with Gasteiger partial charge in [-0.3, -0.25) is 9.63 Å². The lowest BCUT2D eigenvalue weighted by atomic mass is 10.2. The molecule has 0 radical (unpaired) electrons. The standard InChI is InChI=1S/C9H8BrFN2O6S/c10-4-1-5(9(15)16)8(11)6(2-4)20(17,18)13-19-3-7(12)14/h1-2,13H,3H2,(H2,12,14)(H,15,16). The van der Waals surface area contributed by atoms with E-state index >= 15 is 0 Å². The molecule has 0 unspecified atom stereocenters. The quantitative estimate of drug-likeness (QED) is 0.602. The Morgan fingerprint density at radius 2 is 2.05 bits per heavy atom. The summed E-state index contributed by atoms with van der Waals surface area (Å²) >= 11 is 2.86. The number of halogens is 2. The van der Waals surface area contributed by atoms with Crippen LogP contribution in [0.3, 0.4) is 0 Å². The fraction of sp³-hybridized carbons (Fsp3) is 0.111. The monoisotopic (exact) mass is 370 g/mol. The molecule has 4 N–H and O–H groups in total. The molecule has 0 heterocycles. The molecular formula is C9H8BrFN2O6S. The van der Waals surface area contributed by atoms with Crippen LogP contribution in [0.1, 0.15) is 10.4 Å². The Morgan fingerprint density at radius 3 is 2.55 bits per heavy atom. The Kier molecular flexibility index (Phi) is 5.16. The number of carbonyl (C=O) groups is 2. The molecule has 1 amide bonds. The second-order valence-corrected chi connectivity index (χ2v) is 5.94. The Hall–Kier alpha value is -1.56. The number of aromatic carboxylic acids is 1. The van der Waals surface area contributed by atoms with Gasteiger partial charge in [0.05, 0.1) is 5.56 Å². The van der Waals surface area contributed by atoms with E-state index < -0.39 is 44.8 Å². The number of sulfonamides is 1. The summed E-state index contributed by atoms with van der Waals surface area (Å²) in [6, 6.07) is 1.75. The normalized spacial score (nSPS) is 11.3. The van der Waals surface area contributed by atoms with Gasteiger partial charge in [-0.25, -0.2) is 17.6 Å². The zero-order valence-electron chi connectivity index (χ0n) is 9.59. The molecule has 0 saturated heterocycles. The molecule has 0 saturated carbocycles. The first-order chi connectivity index (χ1) is 9.15. The van der Waals surface area contributed by atoms with Gasteiger partial charge in [-0.15, -0.1) is 0 Å². The predicted molar refractivity (Wildman–Crippen MR) is 66.5 cm³/mol. The first-order valence-corrected chi connectivity index (χ1v) is 7.07. The number of carboxylic acids is 1. The molecule has 20 heavy (non-hydrogen) atoms. The molecule has 1 rings (SSSR count). The highest BCUT2D eigenvalue weighted by Gasteiger charge is 2.25. The average Bonchev–Trinajstić information content (AvgIpc) is 2.30. The van der Waals surface area contributed by atoms with E-state index in [1.807, 2.05) is 0 Å². The molecule has 110 valence electrons. The van der Waals surface area contributed by atoms with Crippen molar-refractivity contribution >= 4 is 37.8 Å². The Labute approximate surface area is 120 Å². The van der Waals surface area contributed by atoms with E-state index in [0.29, 0.717) is 0 Å². The van der Waals surface area contributed by atoms with E-state index in [1.165, 1.54) is 4.89 Å². The summed E-state index contributed by atoms with van der Waals surface area (Å²) in [7, 11) is -4.51. The van der Waals surface area contributed by atoms with Crippen LogP contribution in [0.5, 0.6) is 0 Å². The maximum absolute atomic E-state index is 13.8. The van der Waals surface area contributed by atoms with Crippen molar-refractivity contribution in [1.29, 1.82) is 0 Å². The van der Waals surface area contributed by atoms with E-state index in [-0.39, 0.29) is 4.47 Å². The molecule has 0 aliphatic heterocycles. The average molecular weight is 371 g/mol. The summed E-state index contributed by atoms with van der Waals surface area (Å²) < 4.78 is 37.3. The number of benzene rings is 1. The third kappa shape index (κ3) is 3.96. The van der Waals surface area contributed by atoms with Crippen LogP contribution in [0, 0.1) is 5.82 Å². The van der Waals surface area contributed by atoms with Crippen LogP contribution in [-0.2, 0) is 19.7 Å². The van der Waals surface area contributed by atoms with Crippen molar-refractivity contribution < 1.29 is 32.3 Å². The number of rotatable bonds is 6. The number of hydrogen-bond acceptors (Lipinski definition) is 5. The summed E-state index contributed by atoms with van der Waals surface area (Å²) in [5, 5.41) is 8.76. The van der Waals surface area contributed by atoms with Gasteiger partial charge in [0.1, 0.15) is 11.5 Å². The summed E-state index contributed by atoms with van der Waals surface area (Å²) in [5.41, 5.74) is 3.88. The molecule has 0 aromatic heterocycles. The number of amides is 1. The van der Waals surface area contributed by atoms with Crippen molar-refractivity contribution in [1.82, 2.24) is 4.89 Å². The minimum Gasteiger partial charge on any atom is -0.478 e. The maximum Gasteiger partial charge on any atom is 0.338 e. The number of carbonyl (C=O) groups excluding carboxylic acids is 1. The smallest absolute Gasteiger partial charge is 0.338 e. The third-order valence-corrected chi connectivity index (χ3v) is 3.58. The van der Waals surface area contributed by atoms with Crippen LogP contribution in [-0.4, -0.2) is 32.0 Å². The highest BCUT2D eigenvalue weighted by molar-refractivity contribution is 9.10. The fourth-order valence-electron chi connectivity index (χ4n) is 1.14. The maximum atomic E-state index is 13.8. The van der Waals surface area contributed by atoms with Crippen molar-refractivity contribution in [2.24, 2.45) is 5.73 Å². The first kappa shape index (κ1) is 16.5. The number of hydrogen-bond donors (Lipinski definition) is 3. The first-order valence-electron chi connectivity index (χ1n) is 4.79. The van der Waals surface area contributed by atoms with Crippen LogP contribution in [0.15, 0.2) is 21.5 Å². The largest absolute Gasteiger partial charge is 0.478 e. The van der Waals surface area contributed by atoms with Gasteiger partial charge in [0.2, 0.25) is 5.91 Å². The second kappa shape index (κ2) is 6.26. The molecule has 0 bridgehead atoms. The highest BCUT2D eigenvalue weighted by atomic mass is 79.9. The number of carboxylic acid groups (broad SMARTS) is 1. The molecule has 1 aromatic carbocycles. The Bertz CT molecular complexity index is 663. The lowest BCUT2D eigenvalue weighted by Gasteiger charge is -2.09. The molecule has 0 atom stereocenters. The minimum atomic E-state index is -4.51. The molecule has 0 aliphatic rings. The van der Waals surface area contributed by atoms with E-state index in [1.54, 1.807) is 0 Å². The molecule has 0 spiro atoms. The topological polar surface area (TPSA) is 136 Å². The molecule has 0 fully saturated rings. The van der Waals surface area contributed by atoms with Gasteiger partial charge in [0.25, 0.3) is 10.0 Å². The van der Waals surface area contributed by atoms with Gasteiger partial charge in [0.15, 0.2) is 5.82 Å². The van der Waals surface area contributed by atoms with Crippen LogP contribution in [0.4, 0.5) is 4.39 Å². The van der Waals surface area contributed by atoms with Crippen molar-refractivity contribution in [3.05, 3.63) is 28.0 Å².